The number of carbonyl (C=O) groups excluding carboxylic acids is 1. The average Bonchev–Trinajstić information content (AvgIpc) is 3.35. The zero-order chi connectivity index (χ0) is 17.8. The highest BCUT2D eigenvalue weighted by Gasteiger charge is 2.29. The van der Waals surface area contributed by atoms with Crippen molar-refractivity contribution in [1.29, 1.82) is 0 Å². The van der Waals surface area contributed by atoms with E-state index in [1.165, 1.54) is 5.56 Å². The Kier molecular flexibility index (Phi) is 5.06. The van der Waals surface area contributed by atoms with E-state index in [2.05, 4.69) is 20.3 Å². The van der Waals surface area contributed by atoms with E-state index >= 15 is 0 Å². The number of nitrogens with zero attached hydrogens (tertiary/aromatic N) is 4. The van der Waals surface area contributed by atoms with Crippen LogP contribution in [0.25, 0.3) is 0 Å². The minimum absolute atomic E-state index is 0.0327. The van der Waals surface area contributed by atoms with Crippen LogP contribution in [0.5, 0.6) is 0 Å². The standard InChI is InChI=1S/C19H23N5O2/c25-19(24-7-1-2-8-24)16-10-21-11-18(22-16)23-17-13-26-12-15(17)9-14-3-5-20-6-4-14/h3-6,10-11,15,17H,1-2,7-9,12-13H2,(H,22,23)/t15-,17-/m1/s1. The first kappa shape index (κ1) is 16.9. The molecule has 0 aromatic carbocycles. The van der Waals surface area contributed by atoms with Gasteiger partial charge in [-0.05, 0) is 37.0 Å². The van der Waals surface area contributed by atoms with E-state index in [9.17, 15) is 4.79 Å². The second-order valence-electron chi connectivity index (χ2n) is 6.90. The highest BCUT2D eigenvalue weighted by atomic mass is 16.5. The first-order chi connectivity index (χ1) is 12.8. The summed E-state index contributed by atoms with van der Waals surface area (Å²) in [5, 5.41) is 3.41. The number of amides is 1. The number of ether oxygens (including phenoxy) is 1. The van der Waals surface area contributed by atoms with Crippen LogP contribution in [-0.4, -0.2) is 58.1 Å². The summed E-state index contributed by atoms with van der Waals surface area (Å²) in [7, 11) is 0. The molecule has 7 nitrogen and oxygen atoms in total. The minimum Gasteiger partial charge on any atom is -0.379 e. The summed E-state index contributed by atoms with van der Waals surface area (Å²) in [5.74, 6) is 0.942. The summed E-state index contributed by atoms with van der Waals surface area (Å²) in [6.45, 7) is 2.95. The Balaban J connectivity index is 1.43. The molecule has 0 unspecified atom stereocenters. The molecule has 1 N–H and O–H groups in total. The van der Waals surface area contributed by atoms with Crippen LogP contribution in [0.3, 0.4) is 0 Å². The first-order valence-electron chi connectivity index (χ1n) is 9.14. The Morgan fingerprint density at radius 3 is 2.77 bits per heavy atom. The van der Waals surface area contributed by atoms with Crippen molar-refractivity contribution < 1.29 is 9.53 Å². The normalized spacial score (nSPS) is 22.5. The lowest BCUT2D eigenvalue weighted by molar-refractivity contribution is 0.0786. The number of aromatic nitrogens is 3. The van der Waals surface area contributed by atoms with Gasteiger partial charge in [0.15, 0.2) is 0 Å². The quantitative estimate of drug-likeness (QED) is 0.883. The molecular weight excluding hydrogens is 330 g/mol. The zero-order valence-corrected chi connectivity index (χ0v) is 14.7. The Morgan fingerprint density at radius 1 is 1.15 bits per heavy atom. The third-order valence-corrected chi connectivity index (χ3v) is 5.03. The van der Waals surface area contributed by atoms with Gasteiger partial charge in [0.05, 0.1) is 31.6 Å². The lowest BCUT2D eigenvalue weighted by Crippen LogP contribution is -2.31. The van der Waals surface area contributed by atoms with Crippen LogP contribution in [0.1, 0.15) is 28.9 Å². The number of carbonyl (C=O) groups is 1. The Labute approximate surface area is 152 Å². The molecule has 2 aliphatic heterocycles. The van der Waals surface area contributed by atoms with Crippen LogP contribution in [0.4, 0.5) is 5.82 Å². The summed E-state index contributed by atoms with van der Waals surface area (Å²) in [6.07, 6.45) is 9.88. The second kappa shape index (κ2) is 7.78. The number of pyridine rings is 1. The van der Waals surface area contributed by atoms with Crippen molar-refractivity contribution in [2.24, 2.45) is 5.92 Å². The smallest absolute Gasteiger partial charge is 0.274 e. The lowest BCUT2D eigenvalue weighted by atomic mass is 9.95. The first-order valence-corrected chi connectivity index (χ1v) is 9.14. The van der Waals surface area contributed by atoms with Crippen molar-refractivity contribution in [2.45, 2.75) is 25.3 Å². The van der Waals surface area contributed by atoms with E-state index in [1.54, 1.807) is 12.4 Å². The van der Waals surface area contributed by atoms with Gasteiger partial charge in [-0.1, -0.05) is 0 Å². The van der Waals surface area contributed by atoms with Crippen LogP contribution in [0.15, 0.2) is 36.9 Å². The molecule has 0 saturated carbocycles. The zero-order valence-electron chi connectivity index (χ0n) is 14.7. The molecule has 2 aliphatic rings. The fourth-order valence-corrected chi connectivity index (χ4v) is 3.59. The molecule has 2 fully saturated rings. The van der Waals surface area contributed by atoms with Gasteiger partial charge in [0.25, 0.3) is 5.91 Å². The number of hydrogen-bond donors (Lipinski definition) is 1. The molecule has 2 atom stereocenters. The summed E-state index contributed by atoms with van der Waals surface area (Å²) in [6, 6.07) is 4.21. The van der Waals surface area contributed by atoms with E-state index in [0.717, 1.165) is 32.4 Å². The van der Waals surface area contributed by atoms with Gasteiger partial charge in [-0.3, -0.25) is 14.8 Å². The molecule has 4 heterocycles. The van der Waals surface area contributed by atoms with Crippen LogP contribution in [0, 0.1) is 5.92 Å². The monoisotopic (exact) mass is 353 g/mol. The van der Waals surface area contributed by atoms with Crippen LogP contribution >= 0.6 is 0 Å². The predicted molar refractivity (Wildman–Crippen MR) is 96.8 cm³/mol. The topological polar surface area (TPSA) is 80.2 Å². The van der Waals surface area contributed by atoms with Gasteiger partial charge in [-0.25, -0.2) is 4.98 Å². The van der Waals surface area contributed by atoms with E-state index in [4.69, 9.17) is 4.74 Å². The summed E-state index contributed by atoms with van der Waals surface area (Å²) in [5.41, 5.74) is 1.65. The number of nitrogens with one attached hydrogen (secondary N) is 1. The molecule has 2 aromatic heterocycles. The highest BCUT2D eigenvalue weighted by molar-refractivity contribution is 5.92. The largest absolute Gasteiger partial charge is 0.379 e. The van der Waals surface area contributed by atoms with Gasteiger partial charge >= 0.3 is 0 Å². The summed E-state index contributed by atoms with van der Waals surface area (Å²) < 4.78 is 5.67. The van der Waals surface area contributed by atoms with Crippen LogP contribution in [-0.2, 0) is 11.2 Å². The molecule has 0 radical (unpaired) electrons. The number of hydrogen-bond acceptors (Lipinski definition) is 6. The van der Waals surface area contributed by atoms with Crippen molar-refractivity contribution in [3.8, 4) is 0 Å². The maximum atomic E-state index is 12.5. The van der Waals surface area contributed by atoms with E-state index in [0.29, 0.717) is 30.6 Å². The molecule has 1 amide bonds. The Bertz CT molecular complexity index is 749. The number of rotatable bonds is 5. The van der Waals surface area contributed by atoms with Crippen LogP contribution in [0.2, 0.25) is 0 Å². The molecule has 2 aromatic rings. The predicted octanol–water partition coefficient (Wildman–Crippen LogP) is 1.78. The SMILES string of the molecule is O=C(c1cncc(N[C@@H]2COC[C@H]2Cc2ccncc2)n1)N1CCCC1. The van der Waals surface area contributed by atoms with Gasteiger partial charge in [0.1, 0.15) is 11.5 Å². The van der Waals surface area contributed by atoms with Gasteiger partial charge in [-0.2, -0.15) is 0 Å². The average molecular weight is 353 g/mol. The fraction of sp³-hybridized carbons (Fsp3) is 0.474. The van der Waals surface area contributed by atoms with E-state index in [-0.39, 0.29) is 11.9 Å². The van der Waals surface area contributed by atoms with Crippen molar-refractivity contribution in [3.63, 3.8) is 0 Å². The molecule has 0 spiro atoms. The van der Waals surface area contributed by atoms with E-state index < -0.39 is 0 Å². The maximum Gasteiger partial charge on any atom is 0.274 e. The van der Waals surface area contributed by atoms with Crippen molar-refractivity contribution in [3.05, 3.63) is 48.2 Å². The Hall–Kier alpha value is -2.54. The third-order valence-electron chi connectivity index (χ3n) is 5.03. The maximum absolute atomic E-state index is 12.5. The highest BCUT2D eigenvalue weighted by Crippen LogP contribution is 2.22. The van der Waals surface area contributed by atoms with Crippen LogP contribution < -0.4 is 5.32 Å². The van der Waals surface area contributed by atoms with Crippen molar-refractivity contribution in [2.75, 3.05) is 31.6 Å². The third kappa shape index (κ3) is 3.83. The molecule has 7 heteroatoms. The molecule has 4 rings (SSSR count). The second-order valence-corrected chi connectivity index (χ2v) is 6.90. The Morgan fingerprint density at radius 2 is 1.96 bits per heavy atom. The summed E-state index contributed by atoms with van der Waals surface area (Å²) in [4.78, 5) is 27.1. The molecule has 136 valence electrons. The fourth-order valence-electron chi connectivity index (χ4n) is 3.59. The van der Waals surface area contributed by atoms with Gasteiger partial charge in [-0.15, -0.1) is 0 Å². The molecule has 2 saturated heterocycles. The molecular formula is C19H23N5O2. The van der Waals surface area contributed by atoms with Gasteiger partial charge in [0.2, 0.25) is 0 Å². The number of anilines is 1. The minimum atomic E-state index is -0.0327. The molecule has 0 aliphatic carbocycles. The molecule has 0 bridgehead atoms. The lowest BCUT2D eigenvalue weighted by Gasteiger charge is -2.20. The summed E-state index contributed by atoms with van der Waals surface area (Å²) >= 11 is 0. The van der Waals surface area contributed by atoms with Gasteiger partial charge < -0.3 is 15.0 Å². The van der Waals surface area contributed by atoms with Crippen molar-refractivity contribution >= 4 is 11.7 Å². The van der Waals surface area contributed by atoms with E-state index in [1.807, 2.05) is 29.4 Å². The van der Waals surface area contributed by atoms with Crippen molar-refractivity contribution in [1.82, 2.24) is 19.9 Å². The molecule has 26 heavy (non-hydrogen) atoms. The van der Waals surface area contributed by atoms with Gasteiger partial charge in [0, 0.05) is 31.4 Å². The number of likely N-dealkylation sites (tertiary alicyclic amines) is 1.